The first kappa shape index (κ1) is 23.5. The molecule has 0 spiro atoms. The number of benzene rings is 3. The number of amides is 2. The lowest BCUT2D eigenvalue weighted by molar-refractivity contribution is -0.141. The Morgan fingerprint density at radius 3 is 2.25 bits per heavy atom. The summed E-state index contributed by atoms with van der Waals surface area (Å²) in [6, 6.07) is 22.1. The molecule has 0 bridgehead atoms. The molecule has 6 heteroatoms. The molecule has 0 aliphatic rings. The summed E-state index contributed by atoms with van der Waals surface area (Å²) in [4.78, 5) is 27.8. The van der Waals surface area contributed by atoms with Gasteiger partial charge in [-0.15, -0.1) is 0 Å². The van der Waals surface area contributed by atoms with Gasteiger partial charge in [-0.25, -0.2) is 4.39 Å². The smallest absolute Gasteiger partial charge is 0.243 e. The van der Waals surface area contributed by atoms with Gasteiger partial charge < -0.3 is 10.2 Å². The van der Waals surface area contributed by atoms with Crippen LogP contribution in [0, 0.1) is 5.82 Å². The molecule has 3 rings (SSSR count). The molecule has 0 aromatic heterocycles. The van der Waals surface area contributed by atoms with Crippen molar-refractivity contribution in [3.63, 3.8) is 0 Å². The molecular weight excluding hydrogens is 427 g/mol. The molecule has 2 amide bonds. The summed E-state index contributed by atoms with van der Waals surface area (Å²) < 4.78 is 13.4. The molecule has 0 unspecified atom stereocenters. The van der Waals surface area contributed by atoms with Crippen LogP contribution in [-0.2, 0) is 29.1 Å². The molecule has 4 nitrogen and oxygen atoms in total. The maximum atomic E-state index is 13.4. The van der Waals surface area contributed by atoms with Crippen LogP contribution in [0.5, 0.6) is 0 Å². The summed E-state index contributed by atoms with van der Waals surface area (Å²) in [7, 11) is 0. The second-order valence-corrected chi connectivity index (χ2v) is 7.92. The van der Waals surface area contributed by atoms with Crippen LogP contribution in [0.3, 0.4) is 0 Å². The first-order valence-electron chi connectivity index (χ1n) is 10.6. The number of carbonyl (C=O) groups excluding carboxylic acids is 2. The fraction of sp³-hybridized carbons (Fsp3) is 0.231. The first-order chi connectivity index (χ1) is 15.5. The predicted octanol–water partition coefficient (Wildman–Crippen LogP) is 5.15. The minimum Gasteiger partial charge on any atom is -0.350 e. The van der Waals surface area contributed by atoms with Crippen molar-refractivity contribution in [2.75, 3.05) is 0 Å². The Morgan fingerprint density at radius 1 is 0.938 bits per heavy atom. The maximum Gasteiger partial charge on any atom is 0.243 e. The molecule has 1 N–H and O–H groups in total. The quantitative estimate of drug-likeness (QED) is 0.488. The number of carbonyl (C=O) groups is 2. The fourth-order valence-corrected chi connectivity index (χ4v) is 3.69. The lowest BCUT2D eigenvalue weighted by Gasteiger charge is -2.31. The van der Waals surface area contributed by atoms with Crippen LogP contribution in [0.2, 0.25) is 5.02 Å². The van der Waals surface area contributed by atoms with Crippen molar-refractivity contribution in [2.24, 2.45) is 0 Å². The van der Waals surface area contributed by atoms with E-state index in [1.807, 2.05) is 48.5 Å². The Labute approximate surface area is 193 Å². The van der Waals surface area contributed by atoms with E-state index in [0.717, 1.165) is 16.7 Å². The standard InChI is InChI=1S/C26H26ClFN2O2/c1-2-25(31)30(18-20-12-14-22(28)15-13-20)24(16-19-8-4-3-5-9-19)26(32)29-17-21-10-6-7-11-23(21)27/h3-15,24H,2,16-18H2,1H3,(H,29,32)/t24-/m0/s1. The molecular formula is C26H26ClFN2O2. The highest BCUT2D eigenvalue weighted by Gasteiger charge is 2.29. The fourth-order valence-electron chi connectivity index (χ4n) is 3.49. The third-order valence-electron chi connectivity index (χ3n) is 5.25. The largest absolute Gasteiger partial charge is 0.350 e. The number of hydrogen-bond acceptors (Lipinski definition) is 2. The van der Waals surface area contributed by atoms with E-state index in [0.29, 0.717) is 11.4 Å². The normalized spacial score (nSPS) is 11.6. The molecule has 0 saturated heterocycles. The molecule has 0 aliphatic carbocycles. The summed E-state index contributed by atoms with van der Waals surface area (Å²) in [5.74, 6) is -0.763. The molecule has 3 aromatic rings. The van der Waals surface area contributed by atoms with Crippen LogP contribution < -0.4 is 5.32 Å². The van der Waals surface area contributed by atoms with Gasteiger partial charge in [0, 0.05) is 31.0 Å². The van der Waals surface area contributed by atoms with Crippen molar-refractivity contribution < 1.29 is 14.0 Å². The summed E-state index contributed by atoms with van der Waals surface area (Å²) >= 11 is 6.23. The van der Waals surface area contributed by atoms with E-state index in [1.165, 1.54) is 12.1 Å². The van der Waals surface area contributed by atoms with Crippen LogP contribution in [0.25, 0.3) is 0 Å². The van der Waals surface area contributed by atoms with Gasteiger partial charge in [0.25, 0.3) is 0 Å². The molecule has 1 atom stereocenters. The lowest BCUT2D eigenvalue weighted by atomic mass is 10.0. The molecule has 0 fully saturated rings. The SMILES string of the molecule is CCC(=O)N(Cc1ccc(F)cc1)[C@@H](Cc1ccccc1)C(=O)NCc1ccccc1Cl. The maximum absolute atomic E-state index is 13.4. The van der Waals surface area contributed by atoms with E-state index in [2.05, 4.69) is 5.32 Å². The monoisotopic (exact) mass is 452 g/mol. The molecule has 0 heterocycles. The van der Waals surface area contributed by atoms with Crippen molar-refractivity contribution in [1.29, 1.82) is 0 Å². The average Bonchev–Trinajstić information content (AvgIpc) is 2.82. The Bertz CT molecular complexity index is 1040. The van der Waals surface area contributed by atoms with Crippen LogP contribution in [0.4, 0.5) is 4.39 Å². The lowest BCUT2D eigenvalue weighted by Crippen LogP contribution is -2.50. The van der Waals surface area contributed by atoms with Crippen LogP contribution in [0.15, 0.2) is 78.9 Å². The van der Waals surface area contributed by atoms with Gasteiger partial charge in [0.15, 0.2) is 0 Å². The molecule has 32 heavy (non-hydrogen) atoms. The third kappa shape index (κ3) is 6.41. The van der Waals surface area contributed by atoms with Gasteiger partial charge in [-0.05, 0) is 34.9 Å². The van der Waals surface area contributed by atoms with Crippen LogP contribution >= 0.6 is 11.6 Å². The van der Waals surface area contributed by atoms with E-state index in [4.69, 9.17) is 11.6 Å². The van der Waals surface area contributed by atoms with E-state index in [-0.39, 0.29) is 37.1 Å². The number of rotatable bonds is 9. The second kappa shape index (κ2) is 11.4. The van der Waals surface area contributed by atoms with Gasteiger partial charge >= 0.3 is 0 Å². The topological polar surface area (TPSA) is 49.4 Å². The zero-order chi connectivity index (χ0) is 22.9. The summed E-state index contributed by atoms with van der Waals surface area (Å²) in [5.41, 5.74) is 2.50. The number of nitrogens with one attached hydrogen (secondary N) is 1. The summed E-state index contributed by atoms with van der Waals surface area (Å²) in [6.45, 7) is 2.24. The van der Waals surface area contributed by atoms with Crippen molar-refractivity contribution in [3.8, 4) is 0 Å². The summed E-state index contributed by atoms with van der Waals surface area (Å²) in [6.07, 6.45) is 0.617. The van der Waals surface area contributed by atoms with Crippen molar-refractivity contribution in [1.82, 2.24) is 10.2 Å². The minimum atomic E-state index is -0.725. The van der Waals surface area contributed by atoms with Gasteiger partial charge in [0.1, 0.15) is 11.9 Å². The van der Waals surface area contributed by atoms with Crippen molar-refractivity contribution in [2.45, 2.75) is 38.9 Å². The first-order valence-corrected chi connectivity index (χ1v) is 10.9. The van der Waals surface area contributed by atoms with E-state index in [9.17, 15) is 14.0 Å². The van der Waals surface area contributed by atoms with Crippen molar-refractivity contribution >= 4 is 23.4 Å². The Kier molecular flexibility index (Phi) is 8.40. The second-order valence-electron chi connectivity index (χ2n) is 7.52. The minimum absolute atomic E-state index is 0.150. The molecule has 0 radical (unpaired) electrons. The summed E-state index contributed by atoms with van der Waals surface area (Å²) in [5, 5.41) is 3.51. The van der Waals surface area contributed by atoms with Gasteiger partial charge in [-0.3, -0.25) is 9.59 Å². The van der Waals surface area contributed by atoms with Gasteiger partial charge in [0.2, 0.25) is 11.8 Å². The predicted molar refractivity (Wildman–Crippen MR) is 124 cm³/mol. The molecule has 0 saturated carbocycles. The zero-order valence-corrected chi connectivity index (χ0v) is 18.7. The number of hydrogen-bond donors (Lipinski definition) is 1. The van der Waals surface area contributed by atoms with Gasteiger partial charge in [-0.2, -0.15) is 0 Å². The molecule has 166 valence electrons. The van der Waals surface area contributed by atoms with Crippen molar-refractivity contribution in [3.05, 3.63) is 106 Å². The molecule has 0 aliphatic heterocycles. The highest BCUT2D eigenvalue weighted by Crippen LogP contribution is 2.18. The third-order valence-corrected chi connectivity index (χ3v) is 5.62. The molecule has 3 aromatic carbocycles. The van der Waals surface area contributed by atoms with Gasteiger partial charge in [0.05, 0.1) is 0 Å². The zero-order valence-electron chi connectivity index (χ0n) is 17.9. The van der Waals surface area contributed by atoms with E-state index >= 15 is 0 Å². The van der Waals surface area contributed by atoms with E-state index < -0.39 is 6.04 Å². The Morgan fingerprint density at radius 2 is 1.59 bits per heavy atom. The van der Waals surface area contributed by atoms with Crippen LogP contribution in [-0.4, -0.2) is 22.8 Å². The number of halogens is 2. The van der Waals surface area contributed by atoms with Crippen LogP contribution in [0.1, 0.15) is 30.0 Å². The highest BCUT2D eigenvalue weighted by atomic mass is 35.5. The van der Waals surface area contributed by atoms with E-state index in [1.54, 1.807) is 30.0 Å². The number of nitrogens with zero attached hydrogens (tertiary/aromatic N) is 1. The average molecular weight is 453 g/mol. The highest BCUT2D eigenvalue weighted by molar-refractivity contribution is 6.31. The Balaban J connectivity index is 1.87. The Hall–Kier alpha value is -3.18. The van der Waals surface area contributed by atoms with Gasteiger partial charge in [-0.1, -0.05) is 79.2 Å².